The van der Waals surface area contributed by atoms with Crippen LogP contribution in [-0.4, -0.2) is 12.2 Å². The van der Waals surface area contributed by atoms with Gasteiger partial charge < -0.3 is 4.74 Å². The van der Waals surface area contributed by atoms with Crippen LogP contribution in [0, 0.1) is 0 Å². The smallest absolute Gasteiger partial charge is 0.0763 e. The molecule has 0 aromatic carbocycles. The predicted molar refractivity (Wildman–Crippen MR) is 110 cm³/mol. The fourth-order valence-corrected chi connectivity index (χ4v) is 4.12. The Kier molecular flexibility index (Phi) is 12.1. The van der Waals surface area contributed by atoms with Gasteiger partial charge in [-0.25, -0.2) is 0 Å². The lowest BCUT2D eigenvalue weighted by molar-refractivity contribution is 0.0292. The van der Waals surface area contributed by atoms with E-state index < -0.39 is 0 Å². The molecular weight excluding hydrogens is 304 g/mol. The van der Waals surface area contributed by atoms with E-state index in [1.54, 1.807) is 0 Å². The van der Waals surface area contributed by atoms with Crippen LogP contribution in [-0.2, 0) is 4.74 Å². The Hall–Kier alpha value is -0.560. The second-order valence-electron chi connectivity index (χ2n) is 8.17. The third kappa shape index (κ3) is 10.9. The molecule has 0 amide bonds. The van der Waals surface area contributed by atoms with Gasteiger partial charge in [0.25, 0.3) is 0 Å². The summed E-state index contributed by atoms with van der Waals surface area (Å²) in [6.07, 6.45) is 34.6. The fourth-order valence-electron chi connectivity index (χ4n) is 4.12. The molecule has 1 heteroatoms. The highest BCUT2D eigenvalue weighted by atomic mass is 16.5. The van der Waals surface area contributed by atoms with E-state index in [1.165, 1.54) is 116 Å². The summed E-state index contributed by atoms with van der Waals surface area (Å²) in [7, 11) is 0. The summed E-state index contributed by atoms with van der Waals surface area (Å²) in [5, 5.41) is 0. The average Bonchev–Trinajstić information content (AvgIpc) is 2.59. The molecule has 0 fully saturated rings. The van der Waals surface area contributed by atoms with Crippen molar-refractivity contribution in [2.75, 3.05) is 0 Å². The van der Waals surface area contributed by atoms with E-state index in [4.69, 9.17) is 4.74 Å². The Bertz CT molecular complexity index is 323. The van der Waals surface area contributed by atoms with Gasteiger partial charge in [-0.05, 0) is 38.5 Å². The van der Waals surface area contributed by atoms with E-state index in [1.807, 2.05) is 0 Å². The van der Waals surface area contributed by atoms with E-state index in [9.17, 15) is 0 Å². The van der Waals surface area contributed by atoms with E-state index in [0.29, 0.717) is 12.2 Å². The van der Waals surface area contributed by atoms with Crippen LogP contribution in [0.4, 0.5) is 0 Å². The third-order valence-electron chi connectivity index (χ3n) is 5.77. The summed E-state index contributed by atoms with van der Waals surface area (Å²) in [6.45, 7) is 0. The zero-order valence-corrected chi connectivity index (χ0v) is 16.6. The van der Waals surface area contributed by atoms with Crippen molar-refractivity contribution in [3.8, 4) is 0 Å². The normalized spacial score (nSPS) is 29.0. The van der Waals surface area contributed by atoms with Crippen LogP contribution in [0.1, 0.15) is 116 Å². The molecule has 0 aromatic heterocycles. The molecule has 2 atom stereocenters. The Morgan fingerprint density at radius 1 is 0.440 bits per heavy atom. The van der Waals surface area contributed by atoms with Crippen molar-refractivity contribution in [3.05, 3.63) is 24.3 Å². The second-order valence-corrected chi connectivity index (χ2v) is 8.17. The predicted octanol–water partition coefficient (Wildman–Crippen LogP) is 7.90. The summed E-state index contributed by atoms with van der Waals surface area (Å²) < 4.78 is 6.57. The van der Waals surface area contributed by atoms with Gasteiger partial charge in [0.05, 0.1) is 12.2 Å². The minimum atomic E-state index is 0.335. The maximum atomic E-state index is 6.57. The van der Waals surface area contributed by atoms with Crippen LogP contribution >= 0.6 is 0 Å². The van der Waals surface area contributed by atoms with Crippen LogP contribution in [0.25, 0.3) is 0 Å². The molecule has 0 aromatic rings. The fraction of sp³-hybridized carbons (Fsp3) is 0.833. The molecule has 2 rings (SSSR count). The van der Waals surface area contributed by atoms with Gasteiger partial charge in [-0.3, -0.25) is 0 Å². The summed E-state index contributed by atoms with van der Waals surface area (Å²) in [4.78, 5) is 0. The Morgan fingerprint density at radius 2 is 0.800 bits per heavy atom. The third-order valence-corrected chi connectivity index (χ3v) is 5.77. The molecule has 0 bridgehead atoms. The van der Waals surface area contributed by atoms with Crippen LogP contribution in [0.2, 0.25) is 0 Å². The minimum Gasteiger partial charge on any atom is -0.367 e. The first-order valence-corrected chi connectivity index (χ1v) is 11.4. The van der Waals surface area contributed by atoms with E-state index >= 15 is 0 Å². The average molecular weight is 347 g/mol. The lowest BCUT2D eigenvalue weighted by atomic mass is 10.0. The Balaban J connectivity index is 1.85. The number of hydrogen-bond donors (Lipinski definition) is 0. The number of hydrogen-bond acceptors (Lipinski definition) is 1. The van der Waals surface area contributed by atoms with Crippen LogP contribution in [0.3, 0.4) is 0 Å². The van der Waals surface area contributed by atoms with E-state index in [-0.39, 0.29) is 0 Å². The molecule has 0 saturated carbocycles. The van der Waals surface area contributed by atoms with E-state index in [2.05, 4.69) is 24.3 Å². The van der Waals surface area contributed by atoms with Gasteiger partial charge in [0.15, 0.2) is 0 Å². The Labute approximate surface area is 157 Å². The van der Waals surface area contributed by atoms with Crippen molar-refractivity contribution in [2.24, 2.45) is 0 Å². The number of rotatable bonds is 2. The maximum Gasteiger partial charge on any atom is 0.0763 e. The Morgan fingerprint density at radius 3 is 1.24 bits per heavy atom. The van der Waals surface area contributed by atoms with Gasteiger partial charge in [-0.1, -0.05) is 101 Å². The molecule has 25 heavy (non-hydrogen) atoms. The summed E-state index contributed by atoms with van der Waals surface area (Å²) in [6, 6.07) is 0. The molecule has 0 radical (unpaired) electrons. The molecule has 2 aliphatic carbocycles. The molecule has 144 valence electrons. The van der Waals surface area contributed by atoms with Crippen molar-refractivity contribution in [3.63, 3.8) is 0 Å². The second kappa shape index (κ2) is 14.6. The lowest BCUT2D eigenvalue weighted by Crippen LogP contribution is -2.19. The van der Waals surface area contributed by atoms with Gasteiger partial charge in [0.1, 0.15) is 0 Å². The largest absolute Gasteiger partial charge is 0.367 e. The van der Waals surface area contributed by atoms with Gasteiger partial charge >= 0.3 is 0 Å². The molecule has 0 saturated heterocycles. The standard InChI is InChI=1S/C24H42O/c1-3-7-11-15-19-23(20-16-12-8-4-1)25-24-21-17-13-9-5-2-6-10-14-18-22-24/h15,17,19,21,23-24H,1-14,16,18,20,22H2. The van der Waals surface area contributed by atoms with Crippen LogP contribution < -0.4 is 0 Å². The first-order valence-electron chi connectivity index (χ1n) is 11.4. The zero-order chi connectivity index (χ0) is 17.4. The maximum absolute atomic E-state index is 6.57. The number of allylic oxidation sites excluding steroid dienone is 2. The summed E-state index contributed by atoms with van der Waals surface area (Å²) in [5.74, 6) is 0. The highest BCUT2D eigenvalue weighted by Gasteiger charge is 2.13. The van der Waals surface area contributed by atoms with Crippen molar-refractivity contribution in [1.29, 1.82) is 0 Å². The number of ether oxygens (including phenoxy) is 1. The zero-order valence-electron chi connectivity index (χ0n) is 16.6. The highest BCUT2D eigenvalue weighted by Crippen LogP contribution is 2.20. The topological polar surface area (TPSA) is 9.23 Å². The van der Waals surface area contributed by atoms with Crippen molar-refractivity contribution in [2.45, 2.75) is 128 Å². The van der Waals surface area contributed by atoms with Gasteiger partial charge in [0, 0.05) is 0 Å². The first-order chi connectivity index (χ1) is 12.4. The molecule has 2 aliphatic rings. The minimum absolute atomic E-state index is 0.335. The van der Waals surface area contributed by atoms with Crippen molar-refractivity contribution >= 4 is 0 Å². The van der Waals surface area contributed by atoms with Gasteiger partial charge in [-0.2, -0.15) is 0 Å². The lowest BCUT2D eigenvalue weighted by Gasteiger charge is -2.22. The molecule has 0 spiro atoms. The monoisotopic (exact) mass is 346 g/mol. The molecule has 0 N–H and O–H groups in total. The van der Waals surface area contributed by atoms with Gasteiger partial charge in [-0.15, -0.1) is 0 Å². The van der Waals surface area contributed by atoms with Crippen LogP contribution in [0.15, 0.2) is 24.3 Å². The molecule has 0 aliphatic heterocycles. The molecule has 0 heterocycles. The van der Waals surface area contributed by atoms with Crippen molar-refractivity contribution < 1.29 is 4.74 Å². The molecule has 1 nitrogen and oxygen atoms in total. The summed E-state index contributed by atoms with van der Waals surface area (Å²) in [5.41, 5.74) is 0. The van der Waals surface area contributed by atoms with Gasteiger partial charge in [0.2, 0.25) is 0 Å². The quantitative estimate of drug-likeness (QED) is 0.462. The molecular formula is C24H42O. The van der Waals surface area contributed by atoms with Crippen LogP contribution in [0.5, 0.6) is 0 Å². The molecule has 2 unspecified atom stereocenters. The first kappa shape index (κ1) is 20.7. The highest BCUT2D eigenvalue weighted by molar-refractivity contribution is 4.95. The summed E-state index contributed by atoms with van der Waals surface area (Å²) >= 11 is 0. The SMILES string of the molecule is C1=CC(OC2C=CCCCCCCCCC2)CCCCCCCCC1. The van der Waals surface area contributed by atoms with Crippen molar-refractivity contribution in [1.82, 2.24) is 0 Å². The van der Waals surface area contributed by atoms with E-state index in [0.717, 1.165) is 0 Å².